The number of nitrogens with zero attached hydrogens (tertiary/aromatic N) is 1. The molecule has 3 amide bonds. The van der Waals surface area contributed by atoms with Crippen molar-refractivity contribution in [3.8, 4) is 23.0 Å². The molecule has 2 saturated heterocycles. The predicted octanol–water partition coefficient (Wildman–Crippen LogP) is 3.00. The zero-order valence-electron chi connectivity index (χ0n) is 21.2. The van der Waals surface area contributed by atoms with E-state index in [1.54, 1.807) is 30.3 Å². The Bertz CT molecular complexity index is 1640. The van der Waals surface area contributed by atoms with Crippen LogP contribution in [0.1, 0.15) is 16.7 Å². The molecule has 0 radical (unpaired) electrons. The van der Waals surface area contributed by atoms with Crippen molar-refractivity contribution in [2.75, 3.05) is 23.4 Å². The largest absolute Gasteiger partial charge is 0.504 e. The quantitative estimate of drug-likeness (QED) is 0.283. The van der Waals surface area contributed by atoms with Gasteiger partial charge in [0.2, 0.25) is 17.7 Å². The Labute approximate surface area is 233 Å². The summed E-state index contributed by atoms with van der Waals surface area (Å²) in [4.78, 5) is 43.3. The average molecular weight is 562 g/mol. The monoisotopic (exact) mass is 561 g/mol. The van der Waals surface area contributed by atoms with Gasteiger partial charge in [-0.1, -0.05) is 23.7 Å². The van der Waals surface area contributed by atoms with E-state index in [9.17, 15) is 24.6 Å². The maximum Gasteiger partial charge on any atom is 0.250 e. The minimum Gasteiger partial charge on any atom is -0.504 e. The number of carbonyl (C=O) groups excluding carboxylic acids is 3. The van der Waals surface area contributed by atoms with Crippen molar-refractivity contribution in [2.45, 2.75) is 24.9 Å². The van der Waals surface area contributed by atoms with Gasteiger partial charge in [0.15, 0.2) is 23.0 Å². The second-order valence-electron chi connectivity index (χ2n) is 10.6. The number of aryl methyl sites for hydroxylation is 1. The van der Waals surface area contributed by atoms with Gasteiger partial charge in [-0.05, 0) is 54.8 Å². The maximum absolute atomic E-state index is 14.3. The van der Waals surface area contributed by atoms with Crippen molar-refractivity contribution in [1.82, 2.24) is 5.32 Å². The molecule has 3 aromatic rings. The van der Waals surface area contributed by atoms with Crippen LogP contribution in [0.3, 0.4) is 0 Å². The predicted molar refractivity (Wildman–Crippen MR) is 144 cm³/mol. The zero-order valence-corrected chi connectivity index (χ0v) is 22.0. The van der Waals surface area contributed by atoms with E-state index in [-0.39, 0.29) is 17.9 Å². The summed E-state index contributed by atoms with van der Waals surface area (Å²) in [5.41, 5.74) is 1.11. The van der Waals surface area contributed by atoms with Crippen molar-refractivity contribution < 1.29 is 34.1 Å². The maximum atomic E-state index is 14.3. The van der Waals surface area contributed by atoms with Gasteiger partial charge in [-0.15, -0.1) is 0 Å². The van der Waals surface area contributed by atoms with Crippen LogP contribution in [0.5, 0.6) is 23.0 Å². The fourth-order valence-electron chi connectivity index (χ4n) is 6.54. The van der Waals surface area contributed by atoms with Crippen LogP contribution in [0.15, 0.2) is 48.5 Å². The summed E-state index contributed by atoms with van der Waals surface area (Å²) in [6.45, 7) is 2.58. The highest BCUT2D eigenvalue weighted by Crippen LogP contribution is 2.55. The first-order valence-corrected chi connectivity index (χ1v) is 13.2. The fraction of sp³-hybridized carbons (Fsp3) is 0.276. The van der Waals surface area contributed by atoms with Crippen molar-refractivity contribution >= 4 is 40.7 Å². The molecule has 4 N–H and O–H groups in total. The third kappa shape index (κ3) is 3.36. The van der Waals surface area contributed by atoms with E-state index in [0.29, 0.717) is 52.2 Å². The third-order valence-electron chi connectivity index (χ3n) is 8.20. The smallest absolute Gasteiger partial charge is 0.250 e. The second kappa shape index (κ2) is 8.61. The summed E-state index contributed by atoms with van der Waals surface area (Å²) >= 11 is 6.52. The number of benzene rings is 3. The molecule has 10 nitrogen and oxygen atoms in total. The number of imide groups is 1. The third-order valence-corrected chi connectivity index (χ3v) is 8.50. The molecule has 4 heterocycles. The number of aromatic hydroxyl groups is 2. The van der Waals surface area contributed by atoms with E-state index < -0.39 is 41.1 Å². The van der Waals surface area contributed by atoms with Gasteiger partial charge in [-0.3, -0.25) is 19.7 Å². The summed E-state index contributed by atoms with van der Waals surface area (Å²) in [5.74, 6) is -3.05. The lowest BCUT2D eigenvalue weighted by Gasteiger charge is -2.30. The van der Waals surface area contributed by atoms with Gasteiger partial charge in [0, 0.05) is 17.7 Å². The van der Waals surface area contributed by atoms with Gasteiger partial charge in [0.05, 0.1) is 28.2 Å². The van der Waals surface area contributed by atoms with Crippen LogP contribution >= 0.6 is 11.6 Å². The molecule has 0 bridgehead atoms. The first kappa shape index (κ1) is 24.7. The van der Waals surface area contributed by atoms with Gasteiger partial charge < -0.3 is 25.0 Å². The number of fused-ring (bicyclic) bond motifs is 5. The standard InChI is InChI=1S/C29H24ClN3O7/c1-13-8-16-25(17(30)9-13)31-28(38)29(16)24-23(18(32-29)10-14-2-4-19(34)20(35)11-14)26(36)33(27(24)37)15-3-5-21-22(12-15)40-7-6-39-21/h2-5,8-9,11-12,18,23-24,32,34-35H,6-7,10H2,1H3,(H,31,38)/t18-,23-,24-,29+/m1/s1. The van der Waals surface area contributed by atoms with Crippen LogP contribution < -0.4 is 25.0 Å². The lowest BCUT2D eigenvalue weighted by Crippen LogP contribution is -2.53. The highest BCUT2D eigenvalue weighted by atomic mass is 35.5. The highest BCUT2D eigenvalue weighted by Gasteiger charge is 2.70. The molecule has 3 aromatic carbocycles. The van der Waals surface area contributed by atoms with Crippen LogP contribution in [0, 0.1) is 18.8 Å². The Kier molecular flexibility index (Phi) is 5.32. The van der Waals surface area contributed by atoms with Crippen molar-refractivity contribution in [2.24, 2.45) is 11.8 Å². The van der Waals surface area contributed by atoms with Gasteiger partial charge >= 0.3 is 0 Å². The van der Waals surface area contributed by atoms with Crippen molar-refractivity contribution in [3.05, 3.63) is 70.2 Å². The molecule has 0 saturated carbocycles. The molecule has 40 heavy (non-hydrogen) atoms. The number of ether oxygens (including phenoxy) is 2. The molecule has 2 fully saturated rings. The van der Waals surface area contributed by atoms with Gasteiger partial charge in [0.1, 0.15) is 18.8 Å². The molecule has 0 aromatic heterocycles. The zero-order chi connectivity index (χ0) is 27.9. The number of phenols is 2. The number of halogens is 1. The molecular weight excluding hydrogens is 538 g/mol. The second-order valence-corrected chi connectivity index (χ2v) is 11.0. The van der Waals surface area contributed by atoms with Gasteiger partial charge in [0.25, 0.3) is 0 Å². The van der Waals surface area contributed by atoms with Crippen molar-refractivity contribution in [3.63, 3.8) is 0 Å². The molecule has 4 aliphatic rings. The van der Waals surface area contributed by atoms with Crippen LogP contribution in [-0.2, 0) is 26.3 Å². The summed E-state index contributed by atoms with van der Waals surface area (Å²) in [7, 11) is 0. The normalized spacial score (nSPS) is 26.3. The number of amides is 3. The number of hydrogen-bond donors (Lipinski definition) is 4. The lowest BCUT2D eigenvalue weighted by molar-refractivity contribution is -0.130. The molecule has 1 spiro atoms. The van der Waals surface area contributed by atoms with E-state index in [2.05, 4.69) is 10.6 Å². The Hall–Kier alpha value is -4.28. The van der Waals surface area contributed by atoms with Crippen molar-refractivity contribution in [1.29, 1.82) is 0 Å². The summed E-state index contributed by atoms with van der Waals surface area (Å²) in [5, 5.41) is 26.4. The Balaban J connectivity index is 1.37. The molecule has 204 valence electrons. The molecule has 4 aliphatic heterocycles. The minimum atomic E-state index is -1.55. The Morgan fingerprint density at radius 3 is 2.52 bits per heavy atom. The molecule has 11 heteroatoms. The summed E-state index contributed by atoms with van der Waals surface area (Å²) in [6.07, 6.45) is 0.201. The van der Waals surface area contributed by atoms with Gasteiger partial charge in [-0.25, -0.2) is 4.90 Å². The topological polar surface area (TPSA) is 137 Å². The number of rotatable bonds is 3. The number of phenolic OH excluding ortho intramolecular Hbond substituents is 2. The fourth-order valence-corrected chi connectivity index (χ4v) is 6.87. The summed E-state index contributed by atoms with van der Waals surface area (Å²) < 4.78 is 11.3. The Morgan fingerprint density at radius 1 is 0.975 bits per heavy atom. The van der Waals surface area contributed by atoms with E-state index in [0.717, 1.165) is 10.5 Å². The van der Waals surface area contributed by atoms with Crippen LogP contribution in [0.25, 0.3) is 0 Å². The molecule has 0 aliphatic carbocycles. The number of carbonyl (C=O) groups is 3. The first-order chi connectivity index (χ1) is 19.2. The minimum absolute atomic E-state index is 0.201. The SMILES string of the molecule is Cc1cc(Cl)c2c(c1)[C@@]1(N[C@H](Cc3ccc(O)c(O)c3)[C@H]3C(=O)N(c4ccc5c(c4)OCCO5)C(=O)[C@@H]31)C(=O)N2. The molecule has 7 rings (SSSR count). The van der Waals surface area contributed by atoms with Crippen LogP contribution in [0.2, 0.25) is 5.02 Å². The number of hydrogen-bond acceptors (Lipinski definition) is 8. The average Bonchev–Trinajstić information content (AvgIpc) is 3.50. The molecule has 0 unspecified atom stereocenters. The molecule has 4 atom stereocenters. The number of nitrogens with one attached hydrogen (secondary N) is 2. The Morgan fingerprint density at radius 2 is 1.75 bits per heavy atom. The lowest BCUT2D eigenvalue weighted by atomic mass is 9.76. The first-order valence-electron chi connectivity index (χ1n) is 12.9. The number of anilines is 2. The van der Waals surface area contributed by atoms with E-state index >= 15 is 0 Å². The van der Waals surface area contributed by atoms with Gasteiger partial charge in [-0.2, -0.15) is 0 Å². The van der Waals surface area contributed by atoms with E-state index in [1.807, 2.05) is 13.0 Å². The van der Waals surface area contributed by atoms with E-state index in [4.69, 9.17) is 21.1 Å². The van der Waals surface area contributed by atoms with E-state index in [1.165, 1.54) is 12.1 Å². The van der Waals surface area contributed by atoms with Crippen LogP contribution in [-0.4, -0.2) is 47.2 Å². The summed E-state index contributed by atoms with van der Waals surface area (Å²) in [6, 6.07) is 12.1. The highest BCUT2D eigenvalue weighted by molar-refractivity contribution is 6.35. The molecular formula is C29H24ClN3O7. The van der Waals surface area contributed by atoms with Crippen LogP contribution in [0.4, 0.5) is 11.4 Å².